The van der Waals surface area contributed by atoms with Gasteiger partial charge >= 0.3 is 0 Å². The van der Waals surface area contributed by atoms with Crippen LogP contribution >= 0.6 is 0 Å². The minimum atomic E-state index is -1.18. The maximum Gasteiger partial charge on any atom is 0.0636 e. The summed E-state index contributed by atoms with van der Waals surface area (Å²) in [7, 11) is 0. The molecule has 9 aromatic rings. The van der Waals surface area contributed by atoms with Gasteiger partial charge < -0.3 is 0 Å². The number of rotatable bonds is 4. The van der Waals surface area contributed by atoms with Crippen LogP contribution in [0.15, 0.2) is 181 Å². The Hall–Kier alpha value is -5.98. The Morgan fingerprint density at radius 3 is 1.22 bits per heavy atom. The second-order valence-electron chi connectivity index (χ2n) is 9.75. The van der Waals surface area contributed by atoms with Crippen molar-refractivity contribution in [3.8, 4) is 44.5 Å². The van der Waals surface area contributed by atoms with Gasteiger partial charge in [0.25, 0.3) is 0 Å². The molecule has 0 unspecified atom stereocenters. The third-order valence-corrected chi connectivity index (χ3v) is 7.38. The Morgan fingerprint density at radius 1 is 0.261 bits per heavy atom. The average Bonchev–Trinajstić information content (AvgIpc) is 3.40. The van der Waals surface area contributed by atoms with Crippen molar-refractivity contribution in [1.29, 1.82) is 0 Å². The van der Waals surface area contributed by atoms with Crippen molar-refractivity contribution in [2.24, 2.45) is 0 Å². The Balaban J connectivity index is 1.79. The van der Waals surface area contributed by atoms with E-state index in [1.165, 1.54) is 0 Å². The highest BCUT2D eigenvalue weighted by Crippen LogP contribution is 2.50. The standard InChI is InChI=1S/C46H30/c1-3-16-31(17-4-1)35-28-15-29-36(32-18-5-2-6-19-32)45(35)46-41-26-13-11-24-39(41)44(40-25-12-14-27-42(40)46)43-30-33-20-7-8-21-34(33)37-22-9-10-23-38(37)43/h1-30H/i1D,2D,3D,4D,5D,6D,7D,8D,9D,10D,11D,12D,13D,14D,15D,16D,17D,18D,19D,20D,21D,22D,23D,24D,25D,26D,27D,28D,29D,30D. The average molecular weight is 613 g/mol. The fourth-order valence-corrected chi connectivity index (χ4v) is 5.56. The molecular formula is C46H30. The van der Waals surface area contributed by atoms with Gasteiger partial charge in [-0.15, -0.1) is 0 Å². The Labute approximate surface area is 311 Å². The molecule has 0 heterocycles. The lowest BCUT2D eigenvalue weighted by Gasteiger charge is -2.23. The van der Waals surface area contributed by atoms with E-state index in [0.717, 1.165) is 0 Å². The van der Waals surface area contributed by atoms with E-state index in [2.05, 4.69) is 0 Å². The zero-order valence-corrected chi connectivity index (χ0v) is 23.0. The summed E-state index contributed by atoms with van der Waals surface area (Å²) < 4.78 is 272. The molecule has 0 aliphatic heterocycles. The van der Waals surface area contributed by atoms with E-state index < -0.39 is 269 Å². The molecule has 0 nitrogen and oxygen atoms in total. The SMILES string of the molecule is [2H]c1c([2H])c([2H])c(-c2c([2H])c([2H])c([2H])c(-c3c([2H])c([2H])c([2H])c([2H])c3[2H])c2-c2c3c([2H])c([2H])c([2H])c([2H])c3c(-c3c([2H])c4c([2H])c([2H])c([2H])c([2H])c4c4c([2H])c([2H])c([2H])c([2H])c34)c3c([2H])c([2H])c([2H])c([2H])c23)c([2H])c1[2H]. The normalized spacial score (nSPS) is 20.6. The molecular weight excluding hydrogens is 553 g/mol. The van der Waals surface area contributed by atoms with Gasteiger partial charge in [0, 0.05) is 0 Å². The van der Waals surface area contributed by atoms with Gasteiger partial charge in [0.05, 0.1) is 41.1 Å². The molecule has 0 saturated heterocycles. The third-order valence-electron chi connectivity index (χ3n) is 7.38. The van der Waals surface area contributed by atoms with Crippen LogP contribution in [0.5, 0.6) is 0 Å². The van der Waals surface area contributed by atoms with E-state index in [-0.39, 0.29) is 0 Å². The van der Waals surface area contributed by atoms with Crippen LogP contribution in [0, 0.1) is 0 Å². The summed E-state index contributed by atoms with van der Waals surface area (Å²) in [4.78, 5) is 0. The van der Waals surface area contributed by atoms with Gasteiger partial charge in [-0.25, -0.2) is 0 Å². The lowest BCUT2D eigenvalue weighted by Crippen LogP contribution is -1.95. The Morgan fingerprint density at radius 2 is 0.674 bits per heavy atom. The summed E-state index contributed by atoms with van der Waals surface area (Å²) in [6, 6.07) is -31.8. The van der Waals surface area contributed by atoms with Crippen molar-refractivity contribution in [1.82, 2.24) is 0 Å². The van der Waals surface area contributed by atoms with E-state index in [4.69, 9.17) is 30.2 Å². The zero-order valence-electron chi connectivity index (χ0n) is 53.0. The van der Waals surface area contributed by atoms with Crippen LogP contribution < -0.4 is 0 Å². The third kappa shape index (κ3) is 4.15. The summed E-state index contributed by atoms with van der Waals surface area (Å²) >= 11 is 0. The lowest BCUT2D eigenvalue weighted by molar-refractivity contribution is 1.58. The van der Waals surface area contributed by atoms with Crippen LogP contribution in [0.1, 0.15) is 41.1 Å². The van der Waals surface area contributed by atoms with E-state index in [1.54, 1.807) is 0 Å². The molecule has 0 saturated carbocycles. The molecule has 0 spiro atoms. The van der Waals surface area contributed by atoms with E-state index in [0.29, 0.717) is 0 Å². The second-order valence-corrected chi connectivity index (χ2v) is 9.75. The van der Waals surface area contributed by atoms with Crippen LogP contribution in [0.4, 0.5) is 0 Å². The minimum Gasteiger partial charge on any atom is -0.0622 e. The smallest absolute Gasteiger partial charge is 0.0622 e. The van der Waals surface area contributed by atoms with Crippen molar-refractivity contribution < 1.29 is 41.1 Å². The quantitative estimate of drug-likeness (QED) is 0.137. The van der Waals surface area contributed by atoms with Gasteiger partial charge in [-0.2, -0.15) is 0 Å². The number of hydrogen-bond donors (Lipinski definition) is 0. The monoisotopic (exact) mass is 612 g/mol. The maximum absolute atomic E-state index is 9.91. The van der Waals surface area contributed by atoms with E-state index in [1.807, 2.05) is 0 Å². The summed E-state index contributed by atoms with van der Waals surface area (Å²) in [5.41, 5.74) is -7.57. The van der Waals surface area contributed by atoms with Crippen molar-refractivity contribution in [3.63, 3.8) is 0 Å². The Bertz CT molecular complexity index is 4040. The van der Waals surface area contributed by atoms with Crippen molar-refractivity contribution in [2.75, 3.05) is 0 Å². The Kier molecular flexibility index (Phi) is 2.37. The predicted molar refractivity (Wildman–Crippen MR) is 198 cm³/mol. The molecule has 0 fully saturated rings. The van der Waals surface area contributed by atoms with Gasteiger partial charge in [-0.05, 0) is 93.6 Å². The largest absolute Gasteiger partial charge is 0.0636 e. The molecule has 46 heavy (non-hydrogen) atoms. The topological polar surface area (TPSA) is 0 Å². The number of benzene rings is 9. The van der Waals surface area contributed by atoms with Gasteiger partial charge in [-0.1, -0.05) is 175 Å². The first kappa shape index (κ1) is 10.0. The van der Waals surface area contributed by atoms with Gasteiger partial charge in [-0.3, -0.25) is 0 Å². The first-order valence-electron chi connectivity index (χ1n) is 28.5. The lowest BCUT2D eigenvalue weighted by atomic mass is 9.80. The highest BCUT2D eigenvalue weighted by atomic mass is 14.3. The number of hydrogen-bond acceptors (Lipinski definition) is 0. The number of fused-ring (bicyclic) bond motifs is 5. The van der Waals surface area contributed by atoms with Crippen LogP contribution in [-0.4, -0.2) is 0 Å². The van der Waals surface area contributed by atoms with Crippen LogP contribution in [0.25, 0.3) is 87.6 Å². The van der Waals surface area contributed by atoms with Crippen LogP contribution in [-0.2, 0) is 0 Å². The van der Waals surface area contributed by atoms with Gasteiger partial charge in [0.15, 0.2) is 0 Å². The van der Waals surface area contributed by atoms with E-state index >= 15 is 0 Å². The molecule has 0 aliphatic carbocycles. The molecule has 0 bridgehead atoms. The van der Waals surface area contributed by atoms with Crippen LogP contribution in [0.3, 0.4) is 0 Å². The summed E-state index contributed by atoms with van der Waals surface area (Å²) in [6.45, 7) is 0. The first-order valence-corrected chi connectivity index (χ1v) is 13.5. The van der Waals surface area contributed by atoms with Crippen molar-refractivity contribution in [2.45, 2.75) is 0 Å². The predicted octanol–water partition coefficient (Wildman–Crippen LogP) is 13.0. The molecule has 0 radical (unpaired) electrons. The molecule has 0 amide bonds. The van der Waals surface area contributed by atoms with Gasteiger partial charge in [0.2, 0.25) is 0 Å². The van der Waals surface area contributed by atoms with Crippen molar-refractivity contribution in [3.05, 3.63) is 181 Å². The highest BCUT2D eigenvalue weighted by Gasteiger charge is 2.22. The molecule has 0 N–H and O–H groups in total. The molecule has 9 rings (SSSR count). The molecule has 214 valence electrons. The maximum atomic E-state index is 9.91. The fourth-order valence-electron chi connectivity index (χ4n) is 5.56. The van der Waals surface area contributed by atoms with E-state index in [9.17, 15) is 11.0 Å². The molecule has 0 atom stereocenters. The molecule has 9 aromatic carbocycles. The summed E-state index contributed by atoms with van der Waals surface area (Å²) in [5, 5.41) is -6.39. The van der Waals surface area contributed by atoms with Gasteiger partial charge in [0.1, 0.15) is 0 Å². The summed E-state index contributed by atoms with van der Waals surface area (Å²) in [6.07, 6.45) is 0. The van der Waals surface area contributed by atoms with Crippen LogP contribution in [0.2, 0.25) is 0 Å². The highest BCUT2D eigenvalue weighted by molar-refractivity contribution is 6.27. The zero-order chi connectivity index (χ0) is 56.6. The molecule has 0 aliphatic rings. The second kappa shape index (κ2) is 10.9. The molecule has 0 heteroatoms. The summed E-state index contributed by atoms with van der Waals surface area (Å²) in [5.74, 6) is 0. The fraction of sp³-hybridized carbons (Fsp3) is 0. The first-order chi connectivity index (χ1) is 35.3. The minimum absolute atomic E-state index is 0.608. The van der Waals surface area contributed by atoms with Crippen molar-refractivity contribution >= 4 is 43.1 Å². The molecule has 0 aromatic heterocycles.